The Hall–Kier alpha value is -2.39. The van der Waals surface area contributed by atoms with Gasteiger partial charge in [-0.05, 0) is 44.9 Å². The fraction of sp³-hybridized carbons (Fsp3) is 0.444. The van der Waals surface area contributed by atoms with Gasteiger partial charge in [-0.25, -0.2) is 18.5 Å². The van der Waals surface area contributed by atoms with E-state index in [1.54, 1.807) is 12.1 Å². The van der Waals surface area contributed by atoms with Crippen molar-refractivity contribution in [3.05, 3.63) is 46.8 Å². The number of rotatable bonds is 7. The lowest BCUT2D eigenvalue weighted by Crippen LogP contribution is -2.38. The van der Waals surface area contributed by atoms with Gasteiger partial charge in [0.05, 0.1) is 17.1 Å². The van der Waals surface area contributed by atoms with Gasteiger partial charge in [0.25, 0.3) is 0 Å². The number of aromatic nitrogens is 2. The summed E-state index contributed by atoms with van der Waals surface area (Å²) in [5.41, 5.74) is 4.25. The first-order chi connectivity index (χ1) is 12.7. The third kappa shape index (κ3) is 5.80. The summed E-state index contributed by atoms with van der Waals surface area (Å²) in [6.07, 6.45) is 0.736. The number of nitrogens with zero attached hydrogens (tertiary/aromatic N) is 3. The first-order valence-electron chi connectivity index (χ1n) is 8.85. The second-order valence-corrected chi connectivity index (χ2v) is 7.90. The van der Waals surface area contributed by atoms with Crippen molar-refractivity contribution in [1.29, 1.82) is 0 Å². The molecule has 0 aliphatic rings. The van der Waals surface area contributed by atoms with E-state index < -0.39 is 10.0 Å². The predicted molar refractivity (Wildman–Crippen MR) is 107 cm³/mol. The van der Waals surface area contributed by atoms with Crippen LogP contribution in [0, 0.1) is 13.8 Å². The molecule has 9 heteroatoms. The molecule has 148 valence electrons. The van der Waals surface area contributed by atoms with Crippen LogP contribution in [0.4, 0.5) is 0 Å². The number of hydrogen-bond acceptors (Lipinski definition) is 4. The van der Waals surface area contributed by atoms with Crippen molar-refractivity contribution >= 4 is 16.0 Å². The minimum absolute atomic E-state index is 0.122. The van der Waals surface area contributed by atoms with Crippen LogP contribution in [0.25, 0.3) is 0 Å². The molecule has 0 spiro atoms. The summed E-state index contributed by atoms with van der Waals surface area (Å²) in [4.78, 5) is 4.76. The van der Waals surface area contributed by atoms with Crippen molar-refractivity contribution in [3.63, 3.8) is 0 Å². The fourth-order valence-electron chi connectivity index (χ4n) is 2.72. The Balaban J connectivity index is 1.96. The van der Waals surface area contributed by atoms with Crippen LogP contribution in [0.5, 0.6) is 0 Å². The SMILES string of the molecule is CCNC(=NCc1c(C)nn(C)c1C)NCCc1ccc(S(N)(=O)=O)cc1. The average molecular weight is 393 g/mol. The molecule has 1 aromatic carbocycles. The van der Waals surface area contributed by atoms with Crippen LogP contribution in [0.15, 0.2) is 34.2 Å². The largest absolute Gasteiger partial charge is 0.357 e. The molecule has 0 amide bonds. The van der Waals surface area contributed by atoms with Crippen LogP contribution in [-0.2, 0) is 30.0 Å². The lowest BCUT2D eigenvalue weighted by atomic mass is 10.1. The van der Waals surface area contributed by atoms with Crippen molar-refractivity contribution in [1.82, 2.24) is 20.4 Å². The molecule has 0 radical (unpaired) electrons. The van der Waals surface area contributed by atoms with Crippen LogP contribution < -0.4 is 15.8 Å². The highest BCUT2D eigenvalue weighted by Crippen LogP contribution is 2.13. The van der Waals surface area contributed by atoms with Crippen LogP contribution in [0.3, 0.4) is 0 Å². The van der Waals surface area contributed by atoms with Gasteiger partial charge in [0.2, 0.25) is 10.0 Å². The van der Waals surface area contributed by atoms with E-state index in [-0.39, 0.29) is 4.90 Å². The van der Waals surface area contributed by atoms with Crippen molar-refractivity contribution in [2.75, 3.05) is 13.1 Å². The minimum atomic E-state index is -3.65. The van der Waals surface area contributed by atoms with Gasteiger partial charge < -0.3 is 10.6 Å². The number of sulfonamides is 1. The molecule has 0 aliphatic carbocycles. The standard InChI is InChI=1S/C18H28N6O2S/c1-5-20-18(22-12-17-13(2)23-24(4)14(17)3)21-11-10-15-6-8-16(9-7-15)27(19,25)26/h6-9H,5,10-12H2,1-4H3,(H2,19,25,26)(H2,20,21,22). The van der Waals surface area contributed by atoms with E-state index in [1.807, 2.05) is 32.5 Å². The zero-order valence-corrected chi connectivity index (χ0v) is 17.1. The first-order valence-corrected chi connectivity index (χ1v) is 10.4. The van der Waals surface area contributed by atoms with Gasteiger partial charge in [-0.2, -0.15) is 5.10 Å². The van der Waals surface area contributed by atoms with E-state index in [0.29, 0.717) is 13.1 Å². The Morgan fingerprint density at radius 1 is 1.22 bits per heavy atom. The van der Waals surface area contributed by atoms with Gasteiger partial charge in [-0.15, -0.1) is 0 Å². The van der Waals surface area contributed by atoms with Crippen molar-refractivity contribution in [2.45, 2.75) is 38.6 Å². The van der Waals surface area contributed by atoms with Gasteiger partial charge in [-0.1, -0.05) is 12.1 Å². The molecule has 27 heavy (non-hydrogen) atoms. The Labute approximate surface area is 160 Å². The molecule has 2 aromatic rings. The molecule has 2 rings (SSSR count). The summed E-state index contributed by atoms with van der Waals surface area (Å²) in [5, 5.41) is 16.1. The van der Waals surface area contributed by atoms with E-state index in [1.165, 1.54) is 12.1 Å². The van der Waals surface area contributed by atoms with Crippen molar-refractivity contribution < 1.29 is 8.42 Å². The predicted octanol–water partition coefficient (Wildman–Crippen LogP) is 0.982. The molecule has 0 saturated heterocycles. The summed E-state index contributed by atoms with van der Waals surface area (Å²) in [5.74, 6) is 0.737. The number of aryl methyl sites for hydroxylation is 2. The van der Waals surface area contributed by atoms with Gasteiger partial charge in [0.15, 0.2) is 5.96 Å². The van der Waals surface area contributed by atoms with Gasteiger partial charge >= 0.3 is 0 Å². The highest BCUT2D eigenvalue weighted by atomic mass is 32.2. The molecular weight excluding hydrogens is 364 g/mol. The van der Waals surface area contributed by atoms with E-state index in [9.17, 15) is 8.42 Å². The molecule has 0 aliphatic heterocycles. The topological polar surface area (TPSA) is 114 Å². The van der Waals surface area contributed by atoms with Crippen LogP contribution >= 0.6 is 0 Å². The van der Waals surface area contributed by atoms with Gasteiger partial charge in [-0.3, -0.25) is 4.68 Å². The summed E-state index contributed by atoms with van der Waals surface area (Å²) < 4.78 is 24.5. The highest BCUT2D eigenvalue weighted by Gasteiger charge is 2.09. The summed E-state index contributed by atoms with van der Waals surface area (Å²) in [6, 6.07) is 6.59. The molecule has 1 heterocycles. The number of hydrogen-bond donors (Lipinski definition) is 3. The summed E-state index contributed by atoms with van der Waals surface area (Å²) in [7, 11) is -1.72. The van der Waals surface area contributed by atoms with Gasteiger partial charge in [0.1, 0.15) is 0 Å². The number of guanidine groups is 1. The zero-order chi connectivity index (χ0) is 20.0. The smallest absolute Gasteiger partial charge is 0.238 e. The zero-order valence-electron chi connectivity index (χ0n) is 16.3. The number of primary sulfonamides is 1. The van der Waals surface area contributed by atoms with Crippen molar-refractivity contribution in [2.24, 2.45) is 17.2 Å². The molecule has 0 bridgehead atoms. The number of aliphatic imine (C=N–C) groups is 1. The maximum absolute atomic E-state index is 11.3. The minimum Gasteiger partial charge on any atom is -0.357 e. The average Bonchev–Trinajstić information content (AvgIpc) is 2.84. The maximum atomic E-state index is 11.3. The van der Waals surface area contributed by atoms with Crippen LogP contribution in [-0.4, -0.2) is 37.2 Å². The molecule has 0 fully saturated rings. The Bertz CT molecular complexity index is 901. The summed E-state index contributed by atoms with van der Waals surface area (Å²) in [6.45, 7) is 8.04. The second-order valence-electron chi connectivity index (χ2n) is 6.33. The molecule has 0 atom stereocenters. The quantitative estimate of drug-likeness (QED) is 0.480. The Morgan fingerprint density at radius 2 is 1.89 bits per heavy atom. The van der Waals surface area contributed by atoms with E-state index in [4.69, 9.17) is 5.14 Å². The van der Waals surface area contributed by atoms with Crippen LogP contribution in [0.1, 0.15) is 29.4 Å². The summed E-state index contributed by atoms with van der Waals surface area (Å²) >= 11 is 0. The third-order valence-corrected chi connectivity index (χ3v) is 5.29. The number of benzene rings is 1. The molecule has 8 nitrogen and oxygen atoms in total. The Kier molecular flexibility index (Phi) is 6.98. The molecule has 4 N–H and O–H groups in total. The lowest BCUT2D eigenvalue weighted by Gasteiger charge is -2.11. The Morgan fingerprint density at radius 3 is 2.41 bits per heavy atom. The van der Waals surface area contributed by atoms with Crippen LogP contribution in [0.2, 0.25) is 0 Å². The maximum Gasteiger partial charge on any atom is 0.238 e. The van der Waals surface area contributed by atoms with Crippen molar-refractivity contribution in [3.8, 4) is 0 Å². The molecule has 1 aromatic heterocycles. The monoisotopic (exact) mass is 392 g/mol. The van der Waals surface area contributed by atoms with Gasteiger partial charge in [0, 0.05) is 31.4 Å². The first kappa shape index (κ1) is 20.9. The second kappa shape index (κ2) is 9.01. The molecule has 0 saturated carbocycles. The highest BCUT2D eigenvalue weighted by molar-refractivity contribution is 7.89. The number of nitrogens with one attached hydrogen (secondary N) is 2. The van der Waals surface area contributed by atoms with E-state index in [2.05, 4.69) is 20.7 Å². The molecule has 0 unspecified atom stereocenters. The van der Waals surface area contributed by atoms with E-state index >= 15 is 0 Å². The fourth-order valence-corrected chi connectivity index (χ4v) is 3.23. The molecular formula is C18H28N6O2S. The lowest BCUT2D eigenvalue weighted by molar-refractivity contribution is 0.598. The van der Waals surface area contributed by atoms with E-state index in [0.717, 1.165) is 41.4 Å². The number of nitrogens with two attached hydrogens (primary N) is 1. The third-order valence-electron chi connectivity index (χ3n) is 4.36. The normalized spacial score (nSPS) is 12.3.